The Morgan fingerprint density at radius 3 is 2.65 bits per heavy atom. The van der Waals surface area contributed by atoms with E-state index in [-0.39, 0.29) is 24.3 Å². The van der Waals surface area contributed by atoms with Gasteiger partial charge in [-0.2, -0.15) is 0 Å². The van der Waals surface area contributed by atoms with Crippen LogP contribution < -0.4 is 10.6 Å². The molecule has 2 aromatic rings. The summed E-state index contributed by atoms with van der Waals surface area (Å²) in [6.07, 6.45) is 1.80. The van der Waals surface area contributed by atoms with Crippen molar-refractivity contribution >= 4 is 11.8 Å². The van der Waals surface area contributed by atoms with Gasteiger partial charge < -0.3 is 15.2 Å². The molecule has 2 rings (SSSR count). The maximum atomic E-state index is 12.2. The summed E-state index contributed by atoms with van der Waals surface area (Å²) in [5.41, 5.74) is 0.898. The molecular weight excluding hydrogens is 294 g/mol. The van der Waals surface area contributed by atoms with Crippen LogP contribution in [0, 0.1) is 0 Å². The molecule has 0 radical (unpaired) electrons. The zero-order chi connectivity index (χ0) is 16.7. The molecule has 1 aromatic carbocycles. The van der Waals surface area contributed by atoms with E-state index in [4.69, 9.17) is 0 Å². The van der Waals surface area contributed by atoms with Crippen LogP contribution in [0.2, 0.25) is 0 Å². The average molecular weight is 315 g/mol. The van der Waals surface area contributed by atoms with E-state index in [0.29, 0.717) is 12.4 Å². The largest absolute Gasteiger partial charge is 0.349 e. The maximum Gasteiger partial charge on any atom is 0.222 e. The number of amides is 2. The van der Waals surface area contributed by atoms with Crippen molar-refractivity contribution in [2.75, 3.05) is 0 Å². The van der Waals surface area contributed by atoms with Gasteiger partial charge in [-0.3, -0.25) is 9.59 Å². The molecule has 0 bridgehead atoms. The molecule has 0 aliphatic heterocycles. The predicted molar refractivity (Wildman–Crippen MR) is 85.2 cm³/mol. The highest BCUT2D eigenvalue weighted by Crippen LogP contribution is 2.16. The average Bonchev–Trinajstić information content (AvgIpc) is 3.00. The minimum Gasteiger partial charge on any atom is -0.349 e. The van der Waals surface area contributed by atoms with E-state index in [1.807, 2.05) is 41.8 Å². The summed E-state index contributed by atoms with van der Waals surface area (Å²) in [4.78, 5) is 23.6. The SMILES string of the molecule is CCn1cnnc1CNC(=O)C[C@@H](NC(C)=O)c1ccccc1. The second-order valence-electron chi connectivity index (χ2n) is 5.18. The molecule has 0 spiro atoms. The van der Waals surface area contributed by atoms with Crippen LogP contribution in [0.15, 0.2) is 36.7 Å². The summed E-state index contributed by atoms with van der Waals surface area (Å²) >= 11 is 0. The summed E-state index contributed by atoms with van der Waals surface area (Å²) in [6, 6.07) is 9.09. The fourth-order valence-electron chi connectivity index (χ4n) is 2.30. The zero-order valence-corrected chi connectivity index (χ0v) is 13.3. The van der Waals surface area contributed by atoms with Gasteiger partial charge in [0.15, 0.2) is 5.82 Å². The topological polar surface area (TPSA) is 88.9 Å². The smallest absolute Gasteiger partial charge is 0.222 e. The molecule has 1 aromatic heterocycles. The standard InChI is InChI=1S/C16H21N5O2/c1-3-21-11-18-20-15(21)10-17-16(23)9-14(19-12(2)22)13-7-5-4-6-8-13/h4-8,11,14H,3,9-10H2,1-2H3,(H,17,23)(H,19,22)/t14-/m1/s1. The number of hydrogen-bond acceptors (Lipinski definition) is 4. The van der Waals surface area contributed by atoms with Crippen molar-refractivity contribution in [2.24, 2.45) is 0 Å². The third-order valence-electron chi connectivity index (χ3n) is 3.45. The lowest BCUT2D eigenvalue weighted by Crippen LogP contribution is -2.32. The first-order valence-corrected chi connectivity index (χ1v) is 7.55. The van der Waals surface area contributed by atoms with Gasteiger partial charge in [0, 0.05) is 13.5 Å². The first-order valence-electron chi connectivity index (χ1n) is 7.55. The third-order valence-corrected chi connectivity index (χ3v) is 3.45. The van der Waals surface area contributed by atoms with E-state index in [2.05, 4.69) is 20.8 Å². The lowest BCUT2D eigenvalue weighted by atomic mass is 10.0. The number of hydrogen-bond donors (Lipinski definition) is 2. The quantitative estimate of drug-likeness (QED) is 0.803. The number of carbonyl (C=O) groups excluding carboxylic acids is 2. The molecule has 0 fully saturated rings. The van der Waals surface area contributed by atoms with Gasteiger partial charge in [0.05, 0.1) is 19.0 Å². The first kappa shape index (κ1) is 16.7. The number of nitrogens with one attached hydrogen (secondary N) is 2. The maximum absolute atomic E-state index is 12.2. The van der Waals surface area contributed by atoms with Gasteiger partial charge in [-0.25, -0.2) is 0 Å². The van der Waals surface area contributed by atoms with Crippen molar-refractivity contribution in [3.63, 3.8) is 0 Å². The molecule has 122 valence electrons. The van der Waals surface area contributed by atoms with Crippen LogP contribution in [0.25, 0.3) is 0 Å². The van der Waals surface area contributed by atoms with E-state index >= 15 is 0 Å². The molecule has 0 aliphatic carbocycles. The highest BCUT2D eigenvalue weighted by molar-refractivity contribution is 5.79. The highest BCUT2D eigenvalue weighted by atomic mass is 16.2. The highest BCUT2D eigenvalue weighted by Gasteiger charge is 2.17. The summed E-state index contributed by atoms with van der Waals surface area (Å²) in [6.45, 7) is 4.49. The van der Waals surface area contributed by atoms with Crippen LogP contribution in [0.1, 0.15) is 37.7 Å². The van der Waals surface area contributed by atoms with Crippen molar-refractivity contribution in [3.05, 3.63) is 48.0 Å². The number of nitrogens with zero attached hydrogens (tertiary/aromatic N) is 3. The van der Waals surface area contributed by atoms with Crippen molar-refractivity contribution in [3.8, 4) is 0 Å². The lowest BCUT2D eigenvalue weighted by Gasteiger charge is -2.18. The van der Waals surface area contributed by atoms with Crippen LogP contribution in [-0.4, -0.2) is 26.6 Å². The molecule has 2 amide bonds. The van der Waals surface area contributed by atoms with Crippen LogP contribution in [0.5, 0.6) is 0 Å². The number of aromatic nitrogens is 3. The Morgan fingerprint density at radius 2 is 2.00 bits per heavy atom. The summed E-state index contributed by atoms with van der Waals surface area (Å²) < 4.78 is 1.86. The second kappa shape index (κ2) is 8.07. The van der Waals surface area contributed by atoms with Crippen molar-refractivity contribution in [2.45, 2.75) is 39.4 Å². The fourth-order valence-corrected chi connectivity index (χ4v) is 2.30. The number of benzene rings is 1. The number of carbonyl (C=O) groups is 2. The second-order valence-corrected chi connectivity index (χ2v) is 5.18. The van der Waals surface area contributed by atoms with E-state index in [0.717, 1.165) is 12.1 Å². The third kappa shape index (κ3) is 4.91. The molecule has 1 heterocycles. The van der Waals surface area contributed by atoms with Crippen LogP contribution in [0.4, 0.5) is 0 Å². The molecule has 0 saturated carbocycles. The van der Waals surface area contributed by atoms with Crippen LogP contribution in [-0.2, 0) is 22.7 Å². The Hall–Kier alpha value is -2.70. The van der Waals surface area contributed by atoms with Gasteiger partial charge in [-0.05, 0) is 12.5 Å². The molecule has 2 N–H and O–H groups in total. The Labute approximate surface area is 135 Å². The Bertz CT molecular complexity index is 654. The molecule has 23 heavy (non-hydrogen) atoms. The van der Waals surface area contributed by atoms with E-state index < -0.39 is 0 Å². The minimum absolute atomic E-state index is 0.154. The molecule has 0 aliphatic rings. The van der Waals surface area contributed by atoms with Gasteiger partial charge in [0.25, 0.3) is 0 Å². The minimum atomic E-state index is -0.349. The van der Waals surface area contributed by atoms with E-state index in [1.165, 1.54) is 6.92 Å². The van der Waals surface area contributed by atoms with Crippen molar-refractivity contribution < 1.29 is 9.59 Å². The monoisotopic (exact) mass is 315 g/mol. The van der Waals surface area contributed by atoms with Gasteiger partial charge in [0.1, 0.15) is 6.33 Å². The van der Waals surface area contributed by atoms with Crippen LogP contribution in [0.3, 0.4) is 0 Å². The van der Waals surface area contributed by atoms with Crippen molar-refractivity contribution in [1.82, 2.24) is 25.4 Å². The van der Waals surface area contributed by atoms with Crippen molar-refractivity contribution in [1.29, 1.82) is 0 Å². The molecule has 0 unspecified atom stereocenters. The summed E-state index contributed by atoms with van der Waals surface area (Å²) in [5.74, 6) is 0.382. The Kier molecular flexibility index (Phi) is 5.85. The molecule has 0 saturated heterocycles. The lowest BCUT2D eigenvalue weighted by molar-refractivity contribution is -0.123. The molecule has 1 atom stereocenters. The molecular formula is C16H21N5O2. The predicted octanol–water partition coefficient (Wildman–Crippen LogP) is 1.18. The summed E-state index contributed by atoms with van der Waals surface area (Å²) in [7, 11) is 0. The Balaban J connectivity index is 1.96. The normalized spacial score (nSPS) is 11.7. The number of rotatable bonds is 7. The summed E-state index contributed by atoms with van der Waals surface area (Å²) in [5, 5.41) is 13.4. The molecule has 7 nitrogen and oxygen atoms in total. The van der Waals surface area contributed by atoms with E-state index in [9.17, 15) is 9.59 Å². The van der Waals surface area contributed by atoms with Gasteiger partial charge in [0.2, 0.25) is 11.8 Å². The molecule has 7 heteroatoms. The first-order chi connectivity index (χ1) is 11.1. The van der Waals surface area contributed by atoms with Gasteiger partial charge in [-0.1, -0.05) is 30.3 Å². The Morgan fingerprint density at radius 1 is 1.26 bits per heavy atom. The van der Waals surface area contributed by atoms with Crippen LogP contribution >= 0.6 is 0 Å². The van der Waals surface area contributed by atoms with Gasteiger partial charge >= 0.3 is 0 Å². The fraction of sp³-hybridized carbons (Fsp3) is 0.375. The van der Waals surface area contributed by atoms with E-state index in [1.54, 1.807) is 6.33 Å². The van der Waals surface area contributed by atoms with Gasteiger partial charge in [-0.15, -0.1) is 10.2 Å². The zero-order valence-electron chi connectivity index (χ0n) is 13.3. The number of aryl methyl sites for hydroxylation is 1.